The molecule has 0 aliphatic rings. The molecule has 0 saturated heterocycles. The molecule has 0 bridgehead atoms. The van der Waals surface area contributed by atoms with Crippen molar-refractivity contribution in [2.45, 2.75) is 39.5 Å². The summed E-state index contributed by atoms with van der Waals surface area (Å²) in [5.74, 6) is -1.05. The molecule has 3 nitrogen and oxygen atoms in total. The lowest BCUT2D eigenvalue weighted by atomic mass is 10.0. The van der Waals surface area contributed by atoms with Crippen molar-refractivity contribution in [1.29, 1.82) is 0 Å². The maximum Gasteiger partial charge on any atom is 0.308 e. The fourth-order valence-electron chi connectivity index (χ4n) is 1.10. The highest BCUT2D eigenvalue weighted by Crippen LogP contribution is 2.09. The normalized spacial score (nSPS) is 12.8. The Balaban J connectivity index is 3.61. The van der Waals surface area contributed by atoms with Crippen molar-refractivity contribution >= 4 is 5.97 Å². The Morgan fingerprint density at radius 1 is 1.38 bits per heavy atom. The molecule has 78 valence electrons. The lowest BCUT2D eigenvalue weighted by Gasteiger charge is -2.11. The number of hydrogen-bond acceptors (Lipinski definition) is 2. The molecule has 0 saturated carbocycles. The van der Waals surface area contributed by atoms with E-state index in [9.17, 15) is 4.79 Å². The number of hydrogen-bond donors (Lipinski definition) is 1. The van der Waals surface area contributed by atoms with Gasteiger partial charge in [0.1, 0.15) is 0 Å². The van der Waals surface area contributed by atoms with Crippen LogP contribution in [0.5, 0.6) is 0 Å². The van der Waals surface area contributed by atoms with Gasteiger partial charge in [-0.1, -0.05) is 26.7 Å². The third-order valence-corrected chi connectivity index (χ3v) is 1.92. The van der Waals surface area contributed by atoms with Gasteiger partial charge in [0, 0.05) is 6.61 Å². The highest BCUT2D eigenvalue weighted by molar-refractivity contribution is 5.70. The van der Waals surface area contributed by atoms with E-state index < -0.39 is 5.97 Å². The van der Waals surface area contributed by atoms with E-state index in [0.717, 1.165) is 25.7 Å². The van der Waals surface area contributed by atoms with Crippen LogP contribution in [0.25, 0.3) is 0 Å². The van der Waals surface area contributed by atoms with Crippen LogP contribution in [0.4, 0.5) is 0 Å². The summed E-state index contributed by atoms with van der Waals surface area (Å²) >= 11 is 0. The van der Waals surface area contributed by atoms with Gasteiger partial charge in [0.05, 0.1) is 12.5 Å². The van der Waals surface area contributed by atoms with Gasteiger partial charge in [-0.25, -0.2) is 0 Å². The Hall–Kier alpha value is -0.570. The highest BCUT2D eigenvalue weighted by Gasteiger charge is 2.16. The SMILES string of the molecule is CCCCC(COCCC)C(=O)O. The molecule has 0 spiro atoms. The minimum atomic E-state index is -0.732. The molecule has 0 aromatic carbocycles. The predicted octanol–water partition coefficient (Wildman–Crippen LogP) is 2.30. The zero-order valence-electron chi connectivity index (χ0n) is 8.58. The van der Waals surface area contributed by atoms with E-state index in [1.54, 1.807) is 0 Å². The second kappa shape index (κ2) is 8.05. The summed E-state index contributed by atoms with van der Waals surface area (Å²) in [5.41, 5.74) is 0. The number of carboxylic acid groups (broad SMARTS) is 1. The molecule has 0 radical (unpaired) electrons. The maximum atomic E-state index is 10.7. The lowest BCUT2D eigenvalue weighted by Crippen LogP contribution is -2.20. The van der Waals surface area contributed by atoms with E-state index in [2.05, 4.69) is 6.92 Å². The Morgan fingerprint density at radius 2 is 2.08 bits per heavy atom. The zero-order valence-corrected chi connectivity index (χ0v) is 8.58. The summed E-state index contributed by atoms with van der Waals surface area (Å²) in [6.45, 7) is 5.10. The van der Waals surface area contributed by atoms with Crippen LogP contribution in [0.15, 0.2) is 0 Å². The maximum absolute atomic E-state index is 10.7. The molecule has 0 aliphatic heterocycles. The van der Waals surface area contributed by atoms with Gasteiger partial charge in [0.25, 0.3) is 0 Å². The highest BCUT2D eigenvalue weighted by atomic mass is 16.5. The van der Waals surface area contributed by atoms with Crippen LogP contribution in [0.1, 0.15) is 39.5 Å². The van der Waals surface area contributed by atoms with Crippen molar-refractivity contribution in [2.24, 2.45) is 5.92 Å². The Labute approximate surface area is 80.1 Å². The van der Waals surface area contributed by atoms with E-state index >= 15 is 0 Å². The summed E-state index contributed by atoms with van der Waals surface area (Å²) in [6.07, 6.45) is 3.68. The van der Waals surface area contributed by atoms with Gasteiger partial charge in [-0.05, 0) is 12.8 Å². The van der Waals surface area contributed by atoms with E-state index in [0.29, 0.717) is 13.2 Å². The molecule has 3 heteroatoms. The molecule has 0 fully saturated rings. The van der Waals surface area contributed by atoms with Crippen molar-refractivity contribution in [1.82, 2.24) is 0 Å². The molecule has 0 heterocycles. The third kappa shape index (κ3) is 6.58. The van der Waals surface area contributed by atoms with E-state index in [1.807, 2.05) is 6.92 Å². The minimum Gasteiger partial charge on any atom is -0.481 e. The molecule has 0 aromatic rings. The number of carboxylic acids is 1. The van der Waals surface area contributed by atoms with Gasteiger partial charge in [0.15, 0.2) is 0 Å². The van der Waals surface area contributed by atoms with Crippen LogP contribution in [-0.4, -0.2) is 24.3 Å². The fraction of sp³-hybridized carbons (Fsp3) is 0.900. The first-order chi connectivity index (χ1) is 6.22. The van der Waals surface area contributed by atoms with Crippen molar-refractivity contribution in [3.63, 3.8) is 0 Å². The van der Waals surface area contributed by atoms with Crippen molar-refractivity contribution < 1.29 is 14.6 Å². The van der Waals surface area contributed by atoms with Crippen molar-refractivity contribution in [3.05, 3.63) is 0 Å². The first-order valence-electron chi connectivity index (χ1n) is 5.02. The summed E-state index contributed by atoms with van der Waals surface area (Å²) in [7, 11) is 0. The van der Waals surface area contributed by atoms with Crippen LogP contribution < -0.4 is 0 Å². The standard InChI is InChI=1S/C10H20O3/c1-3-5-6-9(10(11)12)8-13-7-4-2/h9H,3-8H2,1-2H3,(H,11,12). The molecule has 1 atom stereocenters. The lowest BCUT2D eigenvalue weighted by molar-refractivity contribution is -0.144. The van der Waals surface area contributed by atoms with Crippen molar-refractivity contribution in [3.8, 4) is 0 Å². The quantitative estimate of drug-likeness (QED) is 0.594. The molecular weight excluding hydrogens is 168 g/mol. The molecule has 13 heavy (non-hydrogen) atoms. The first kappa shape index (κ1) is 12.4. The van der Waals surface area contributed by atoms with Crippen LogP contribution in [0.3, 0.4) is 0 Å². The molecule has 0 aliphatic carbocycles. The molecule has 0 rings (SSSR count). The Morgan fingerprint density at radius 3 is 2.54 bits per heavy atom. The smallest absolute Gasteiger partial charge is 0.308 e. The van der Waals surface area contributed by atoms with Crippen molar-refractivity contribution in [2.75, 3.05) is 13.2 Å². The summed E-state index contributed by atoms with van der Waals surface area (Å²) in [6, 6.07) is 0. The predicted molar refractivity (Wildman–Crippen MR) is 51.8 cm³/mol. The van der Waals surface area contributed by atoms with Crippen LogP contribution in [0, 0.1) is 5.92 Å². The largest absolute Gasteiger partial charge is 0.481 e. The van der Waals surface area contributed by atoms with Gasteiger partial charge < -0.3 is 9.84 Å². The molecule has 1 N–H and O–H groups in total. The zero-order chi connectivity index (χ0) is 10.1. The summed E-state index contributed by atoms with van der Waals surface area (Å²) in [4.78, 5) is 10.7. The molecule has 0 aromatic heterocycles. The average molecular weight is 188 g/mol. The minimum absolute atomic E-state index is 0.313. The van der Waals surface area contributed by atoms with Gasteiger partial charge in [-0.3, -0.25) is 4.79 Å². The Kier molecular flexibility index (Phi) is 7.69. The molecule has 0 amide bonds. The van der Waals surface area contributed by atoms with E-state index in [-0.39, 0.29) is 5.92 Å². The van der Waals surface area contributed by atoms with Gasteiger partial charge in [0.2, 0.25) is 0 Å². The van der Waals surface area contributed by atoms with Gasteiger partial charge >= 0.3 is 5.97 Å². The van der Waals surface area contributed by atoms with Crippen LogP contribution in [0.2, 0.25) is 0 Å². The number of rotatable bonds is 8. The van der Waals surface area contributed by atoms with E-state index in [1.165, 1.54) is 0 Å². The molecule has 1 unspecified atom stereocenters. The van der Waals surface area contributed by atoms with Gasteiger partial charge in [-0.15, -0.1) is 0 Å². The topological polar surface area (TPSA) is 46.5 Å². The molecular formula is C10H20O3. The first-order valence-corrected chi connectivity index (χ1v) is 5.02. The summed E-state index contributed by atoms with van der Waals surface area (Å²) in [5, 5.41) is 8.82. The monoisotopic (exact) mass is 188 g/mol. The fourth-order valence-corrected chi connectivity index (χ4v) is 1.10. The van der Waals surface area contributed by atoms with Crippen LogP contribution in [-0.2, 0) is 9.53 Å². The second-order valence-electron chi connectivity index (χ2n) is 3.25. The number of aliphatic carboxylic acids is 1. The number of carbonyl (C=O) groups is 1. The number of unbranched alkanes of at least 4 members (excludes halogenated alkanes) is 1. The third-order valence-electron chi connectivity index (χ3n) is 1.92. The average Bonchev–Trinajstić information content (AvgIpc) is 2.10. The second-order valence-corrected chi connectivity index (χ2v) is 3.25. The van der Waals surface area contributed by atoms with Crippen LogP contribution >= 0.6 is 0 Å². The van der Waals surface area contributed by atoms with Gasteiger partial charge in [-0.2, -0.15) is 0 Å². The summed E-state index contributed by atoms with van der Waals surface area (Å²) < 4.78 is 5.22. The Bertz CT molecular complexity index is 134. The number of ether oxygens (including phenoxy) is 1. The van der Waals surface area contributed by atoms with E-state index in [4.69, 9.17) is 9.84 Å².